The second-order valence-corrected chi connectivity index (χ2v) is 5.59. The Kier molecular flexibility index (Phi) is 5.31. The van der Waals surface area contributed by atoms with Crippen LogP contribution in [-0.4, -0.2) is 7.11 Å². The maximum atomic E-state index is 13.8. The van der Waals surface area contributed by atoms with Gasteiger partial charge in [-0.25, -0.2) is 8.78 Å². The number of anilines is 1. The Morgan fingerprint density at radius 1 is 1.24 bits per heavy atom. The van der Waals surface area contributed by atoms with Crippen molar-refractivity contribution >= 4 is 21.6 Å². The van der Waals surface area contributed by atoms with Crippen LogP contribution in [-0.2, 0) is 11.3 Å². The van der Waals surface area contributed by atoms with E-state index in [0.29, 0.717) is 12.2 Å². The van der Waals surface area contributed by atoms with Crippen molar-refractivity contribution in [2.75, 3.05) is 12.4 Å². The van der Waals surface area contributed by atoms with Gasteiger partial charge in [-0.2, -0.15) is 0 Å². The van der Waals surface area contributed by atoms with Gasteiger partial charge in [-0.1, -0.05) is 22.0 Å². The second-order valence-electron chi connectivity index (χ2n) is 4.73. The third kappa shape index (κ3) is 3.80. The van der Waals surface area contributed by atoms with E-state index in [1.807, 2.05) is 18.2 Å². The Balaban J connectivity index is 2.29. The van der Waals surface area contributed by atoms with Crippen LogP contribution >= 0.6 is 15.9 Å². The van der Waals surface area contributed by atoms with Gasteiger partial charge in [0.15, 0.2) is 0 Å². The van der Waals surface area contributed by atoms with Crippen molar-refractivity contribution in [2.45, 2.75) is 19.6 Å². The smallest absolute Gasteiger partial charge is 0.128 e. The SMILES string of the molecule is COCc1c(Br)cccc1NC(C)c1cc(F)ccc1F. The summed E-state index contributed by atoms with van der Waals surface area (Å²) in [4.78, 5) is 0. The van der Waals surface area contributed by atoms with Crippen LogP contribution in [0.3, 0.4) is 0 Å². The monoisotopic (exact) mass is 355 g/mol. The predicted octanol–water partition coefficient (Wildman–Crippen LogP) is 5.05. The zero-order valence-electron chi connectivity index (χ0n) is 11.8. The Morgan fingerprint density at radius 2 is 2.00 bits per heavy atom. The number of hydrogen-bond acceptors (Lipinski definition) is 2. The van der Waals surface area contributed by atoms with Crippen molar-refractivity contribution in [3.05, 3.63) is 63.6 Å². The summed E-state index contributed by atoms with van der Waals surface area (Å²) >= 11 is 3.47. The summed E-state index contributed by atoms with van der Waals surface area (Å²) < 4.78 is 33.2. The first-order valence-corrected chi connectivity index (χ1v) is 7.30. The van der Waals surface area contributed by atoms with Crippen LogP contribution in [0.2, 0.25) is 0 Å². The summed E-state index contributed by atoms with van der Waals surface area (Å²) in [7, 11) is 1.61. The van der Waals surface area contributed by atoms with Gasteiger partial charge >= 0.3 is 0 Å². The van der Waals surface area contributed by atoms with Gasteiger partial charge in [0.05, 0.1) is 12.6 Å². The number of rotatable bonds is 5. The highest BCUT2D eigenvalue weighted by Crippen LogP contribution is 2.29. The van der Waals surface area contributed by atoms with E-state index in [1.54, 1.807) is 14.0 Å². The molecule has 112 valence electrons. The third-order valence-corrected chi connectivity index (χ3v) is 3.95. The van der Waals surface area contributed by atoms with Gasteiger partial charge in [-0.15, -0.1) is 0 Å². The van der Waals surface area contributed by atoms with E-state index in [-0.39, 0.29) is 6.04 Å². The van der Waals surface area contributed by atoms with Crippen LogP contribution in [0, 0.1) is 11.6 Å². The van der Waals surface area contributed by atoms with Gasteiger partial charge in [0.2, 0.25) is 0 Å². The quantitative estimate of drug-likeness (QED) is 0.810. The highest BCUT2D eigenvalue weighted by atomic mass is 79.9. The summed E-state index contributed by atoms with van der Waals surface area (Å²) in [6.45, 7) is 2.21. The molecule has 1 atom stereocenters. The first-order chi connectivity index (χ1) is 10.0. The van der Waals surface area contributed by atoms with Gasteiger partial charge in [-0.3, -0.25) is 0 Å². The normalized spacial score (nSPS) is 12.2. The molecule has 0 radical (unpaired) electrons. The van der Waals surface area contributed by atoms with Crippen LogP contribution in [0.25, 0.3) is 0 Å². The molecule has 0 saturated carbocycles. The second kappa shape index (κ2) is 7.00. The highest BCUT2D eigenvalue weighted by Gasteiger charge is 2.14. The summed E-state index contributed by atoms with van der Waals surface area (Å²) in [6.07, 6.45) is 0. The van der Waals surface area contributed by atoms with Gasteiger partial charge in [0, 0.05) is 28.4 Å². The Bertz CT molecular complexity index is 634. The molecular formula is C16H16BrF2NO. The first kappa shape index (κ1) is 15.9. The fraction of sp³-hybridized carbons (Fsp3) is 0.250. The van der Waals surface area contributed by atoms with Crippen molar-refractivity contribution in [1.29, 1.82) is 0 Å². The number of hydrogen-bond donors (Lipinski definition) is 1. The van der Waals surface area contributed by atoms with E-state index in [1.165, 1.54) is 6.07 Å². The average molecular weight is 356 g/mol. The summed E-state index contributed by atoms with van der Waals surface area (Å²) in [6, 6.07) is 8.76. The van der Waals surface area contributed by atoms with Gasteiger partial charge < -0.3 is 10.1 Å². The van der Waals surface area contributed by atoms with E-state index in [4.69, 9.17) is 4.74 Å². The lowest BCUT2D eigenvalue weighted by atomic mass is 10.1. The number of nitrogens with one attached hydrogen (secondary N) is 1. The molecule has 1 unspecified atom stereocenters. The fourth-order valence-corrected chi connectivity index (χ4v) is 2.62. The van der Waals surface area contributed by atoms with E-state index < -0.39 is 11.6 Å². The van der Waals surface area contributed by atoms with Crippen LogP contribution in [0.4, 0.5) is 14.5 Å². The molecule has 0 aliphatic rings. The zero-order chi connectivity index (χ0) is 15.4. The molecular weight excluding hydrogens is 340 g/mol. The molecule has 5 heteroatoms. The average Bonchev–Trinajstić information content (AvgIpc) is 2.45. The Hall–Kier alpha value is -1.46. The van der Waals surface area contributed by atoms with Crippen molar-refractivity contribution in [2.24, 2.45) is 0 Å². The molecule has 0 bridgehead atoms. The summed E-state index contributed by atoms with van der Waals surface area (Å²) in [5.41, 5.74) is 2.05. The van der Waals surface area contributed by atoms with E-state index in [0.717, 1.165) is 27.9 Å². The van der Waals surface area contributed by atoms with E-state index in [9.17, 15) is 8.78 Å². The van der Waals surface area contributed by atoms with Crippen LogP contribution in [0.15, 0.2) is 40.9 Å². The predicted molar refractivity (Wildman–Crippen MR) is 83.3 cm³/mol. The summed E-state index contributed by atoms with van der Waals surface area (Å²) in [5.74, 6) is -0.883. The molecule has 2 nitrogen and oxygen atoms in total. The molecule has 0 aromatic heterocycles. The number of methoxy groups -OCH3 is 1. The molecule has 0 fully saturated rings. The maximum absolute atomic E-state index is 13.8. The Morgan fingerprint density at radius 3 is 2.71 bits per heavy atom. The number of benzene rings is 2. The van der Waals surface area contributed by atoms with Crippen molar-refractivity contribution in [3.63, 3.8) is 0 Å². The number of halogens is 3. The molecule has 21 heavy (non-hydrogen) atoms. The summed E-state index contributed by atoms with van der Waals surface area (Å²) in [5, 5.41) is 3.20. The first-order valence-electron chi connectivity index (χ1n) is 6.50. The third-order valence-electron chi connectivity index (χ3n) is 3.20. The number of ether oxygens (including phenoxy) is 1. The molecule has 2 rings (SSSR count). The van der Waals surface area contributed by atoms with E-state index in [2.05, 4.69) is 21.2 Å². The minimum absolute atomic E-state index is 0.290. The molecule has 2 aromatic rings. The topological polar surface area (TPSA) is 21.3 Å². The molecule has 0 amide bonds. The minimum atomic E-state index is -0.452. The lowest BCUT2D eigenvalue weighted by Crippen LogP contribution is -2.11. The van der Waals surface area contributed by atoms with Gasteiger partial charge in [0.25, 0.3) is 0 Å². The van der Waals surface area contributed by atoms with Crippen molar-refractivity contribution in [1.82, 2.24) is 0 Å². The van der Waals surface area contributed by atoms with Crippen molar-refractivity contribution in [3.8, 4) is 0 Å². The molecule has 0 spiro atoms. The molecule has 0 saturated heterocycles. The fourth-order valence-electron chi connectivity index (χ4n) is 2.14. The largest absolute Gasteiger partial charge is 0.380 e. The maximum Gasteiger partial charge on any atom is 0.128 e. The van der Waals surface area contributed by atoms with Crippen LogP contribution in [0.1, 0.15) is 24.1 Å². The van der Waals surface area contributed by atoms with Gasteiger partial charge in [0.1, 0.15) is 11.6 Å². The molecule has 1 N–H and O–H groups in total. The molecule has 0 aliphatic heterocycles. The lowest BCUT2D eigenvalue weighted by molar-refractivity contribution is 0.185. The highest BCUT2D eigenvalue weighted by molar-refractivity contribution is 9.10. The molecule has 0 aliphatic carbocycles. The standard InChI is InChI=1S/C16H16BrF2NO/c1-10(12-8-11(18)6-7-15(12)19)20-16-5-3-4-14(17)13(16)9-21-2/h3-8,10,20H,9H2,1-2H3. The zero-order valence-corrected chi connectivity index (χ0v) is 13.4. The van der Waals surface area contributed by atoms with Crippen LogP contribution in [0.5, 0.6) is 0 Å². The van der Waals surface area contributed by atoms with E-state index >= 15 is 0 Å². The van der Waals surface area contributed by atoms with Crippen molar-refractivity contribution < 1.29 is 13.5 Å². The van der Waals surface area contributed by atoms with Gasteiger partial charge in [-0.05, 0) is 37.3 Å². The molecule has 0 heterocycles. The minimum Gasteiger partial charge on any atom is -0.380 e. The van der Waals surface area contributed by atoms with Crippen LogP contribution < -0.4 is 5.32 Å². The molecule has 2 aromatic carbocycles. The lowest BCUT2D eigenvalue weighted by Gasteiger charge is -2.19. The Labute approximate surface area is 131 Å².